The maximum absolute atomic E-state index is 12.9. The van der Waals surface area contributed by atoms with Crippen LogP contribution in [0.1, 0.15) is 24.0 Å². The van der Waals surface area contributed by atoms with Crippen molar-refractivity contribution in [2.75, 3.05) is 17.3 Å². The fraction of sp³-hybridized carbons (Fsp3) is 0.174. The number of nitro groups is 1. The van der Waals surface area contributed by atoms with Gasteiger partial charge in [0.1, 0.15) is 11.4 Å². The van der Waals surface area contributed by atoms with E-state index < -0.39 is 20.6 Å². The Bertz CT molecular complexity index is 1340. The number of benzene rings is 3. The molecular weight excluding hydrogens is 444 g/mol. The van der Waals surface area contributed by atoms with Gasteiger partial charge in [0.2, 0.25) is 0 Å². The highest BCUT2D eigenvalue weighted by molar-refractivity contribution is 7.92. The number of methoxy groups -OCH3 is 1. The Hall–Kier alpha value is -3.92. The zero-order valence-electron chi connectivity index (χ0n) is 17.8. The first kappa shape index (κ1) is 22.3. The van der Waals surface area contributed by atoms with E-state index in [4.69, 9.17) is 4.74 Å². The van der Waals surface area contributed by atoms with Gasteiger partial charge >= 0.3 is 0 Å². The van der Waals surface area contributed by atoms with Crippen molar-refractivity contribution in [2.45, 2.75) is 24.2 Å². The molecule has 0 heterocycles. The molecule has 10 heteroatoms. The first-order chi connectivity index (χ1) is 15.9. The first-order valence-electron chi connectivity index (χ1n) is 10.2. The standard InChI is InChI=1S/C23H22N4O5S/c1-32-23-12-5-4-10-21(23)26-33(30,31)17-13-14-20(22(15-17)27(28)29)25-24-19-11-6-8-16-7-2-3-9-18(16)19/h2-5,7,9-10,12-15,25-26H,6,8,11H2,1H3/b24-19+. The number of nitrogens with zero attached hydrogens (tertiary/aromatic N) is 2. The van der Waals surface area contributed by atoms with E-state index in [2.05, 4.69) is 15.2 Å². The van der Waals surface area contributed by atoms with Gasteiger partial charge in [0, 0.05) is 11.6 Å². The highest BCUT2D eigenvalue weighted by Gasteiger charge is 2.23. The quantitative estimate of drug-likeness (QED) is 0.389. The van der Waals surface area contributed by atoms with Gasteiger partial charge in [0.15, 0.2) is 0 Å². The van der Waals surface area contributed by atoms with Crippen molar-refractivity contribution in [2.24, 2.45) is 5.10 Å². The van der Waals surface area contributed by atoms with E-state index in [1.165, 1.54) is 24.8 Å². The third kappa shape index (κ3) is 4.80. The molecule has 2 N–H and O–H groups in total. The zero-order valence-corrected chi connectivity index (χ0v) is 18.6. The summed E-state index contributed by atoms with van der Waals surface area (Å²) in [4.78, 5) is 10.8. The van der Waals surface area contributed by atoms with E-state index in [9.17, 15) is 18.5 Å². The fourth-order valence-corrected chi connectivity index (χ4v) is 4.79. The smallest absolute Gasteiger partial charge is 0.295 e. The van der Waals surface area contributed by atoms with E-state index in [0.29, 0.717) is 5.75 Å². The second kappa shape index (κ2) is 9.29. The minimum absolute atomic E-state index is 0.104. The van der Waals surface area contributed by atoms with Crippen LogP contribution in [-0.2, 0) is 16.4 Å². The summed E-state index contributed by atoms with van der Waals surface area (Å²) in [5, 5.41) is 16.1. The summed E-state index contributed by atoms with van der Waals surface area (Å²) in [6.45, 7) is 0. The maximum Gasteiger partial charge on any atom is 0.295 e. The van der Waals surface area contributed by atoms with Crippen LogP contribution in [0.25, 0.3) is 0 Å². The lowest BCUT2D eigenvalue weighted by molar-refractivity contribution is -0.384. The third-order valence-electron chi connectivity index (χ3n) is 5.33. The molecule has 170 valence electrons. The van der Waals surface area contributed by atoms with Crippen LogP contribution in [-0.4, -0.2) is 26.2 Å². The van der Waals surface area contributed by atoms with Gasteiger partial charge in [-0.1, -0.05) is 36.4 Å². The van der Waals surface area contributed by atoms with Crippen LogP contribution in [0.3, 0.4) is 0 Å². The van der Waals surface area contributed by atoms with Gasteiger partial charge in [-0.2, -0.15) is 5.10 Å². The molecule has 0 atom stereocenters. The van der Waals surface area contributed by atoms with Crippen molar-refractivity contribution in [1.82, 2.24) is 0 Å². The Morgan fingerprint density at radius 2 is 1.76 bits per heavy atom. The number of aryl methyl sites for hydroxylation is 1. The summed E-state index contributed by atoms with van der Waals surface area (Å²) < 4.78 is 33.3. The predicted octanol–water partition coefficient (Wildman–Crippen LogP) is 4.56. The Morgan fingerprint density at radius 3 is 2.55 bits per heavy atom. The number of sulfonamides is 1. The number of ether oxygens (including phenoxy) is 1. The summed E-state index contributed by atoms with van der Waals surface area (Å²) in [5.74, 6) is 0.331. The second-order valence-corrected chi connectivity index (χ2v) is 9.11. The Morgan fingerprint density at radius 1 is 1.00 bits per heavy atom. The van der Waals surface area contributed by atoms with Crippen LogP contribution in [0, 0.1) is 10.1 Å². The van der Waals surface area contributed by atoms with Gasteiger partial charge in [-0.05, 0) is 49.1 Å². The molecule has 0 radical (unpaired) electrons. The van der Waals surface area contributed by atoms with Crippen molar-refractivity contribution in [3.63, 3.8) is 0 Å². The molecule has 9 nitrogen and oxygen atoms in total. The predicted molar refractivity (Wildman–Crippen MR) is 126 cm³/mol. The number of rotatable bonds is 7. The second-order valence-electron chi connectivity index (χ2n) is 7.42. The molecule has 33 heavy (non-hydrogen) atoms. The van der Waals surface area contributed by atoms with Crippen LogP contribution in [0.2, 0.25) is 0 Å². The van der Waals surface area contributed by atoms with Crippen LogP contribution in [0.4, 0.5) is 17.1 Å². The summed E-state index contributed by atoms with van der Waals surface area (Å²) in [7, 11) is -2.67. The fourth-order valence-electron chi connectivity index (χ4n) is 3.70. The van der Waals surface area contributed by atoms with E-state index in [-0.39, 0.29) is 16.3 Å². The molecule has 0 aromatic heterocycles. The van der Waals surface area contributed by atoms with E-state index in [1.807, 2.05) is 24.3 Å². The first-order valence-corrected chi connectivity index (χ1v) is 11.7. The molecule has 1 aliphatic carbocycles. The van der Waals surface area contributed by atoms with Gasteiger partial charge in [-0.25, -0.2) is 8.42 Å². The molecule has 0 amide bonds. The molecule has 3 aromatic rings. The molecule has 3 aromatic carbocycles. The lowest BCUT2D eigenvalue weighted by atomic mass is 9.90. The van der Waals surface area contributed by atoms with Crippen LogP contribution in [0.15, 0.2) is 76.7 Å². The Labute approximate surface area is 191 Å². The van der Waals surface area contributed by atoms with Gasteiger partial charge in [0.25, 0.3) is 15.7 Å². The van der Waals surface area contributed by atoms with Crippen molar-refractivity contribution in [3.8, 4) is 5.75 Å². The van der Waals surface area contributed by atoms with Gasteiger partial charge in [0.05, 0.1) is 28.3 Å². The summed E-state index contributed by atoms with van der Waals surface area (Å²) in [6.07, 6.45) is 2.64. The number of para-hydroxylation sites is 2. The van der Waals surface area contributed by atoms with Crippen LogP contribution < -0.4 is 14.9 Å². The molecule has 0 saturated heterocycles. The Balaban J connectivity index is 1.63. The maximum atomic E-state index is 12.9. The largest absolute Gasteiger partial charge is 0.495 e. The number of nitro benzene ring substituents is 1. The molecule has 0 bridgehead atoms. The average molecular weight is 467 g/mol. The minimum Gasteiger partial charge on any atom is -0.495 e. The molecule has 0 unspecified atom stereocenters. The third-order valence-corrected chi connectivity index (χ3v) is 6.69. The molecular formula is C23H22N4O5S. The van der Waals surface area contributed by atoms with Crippen molar-refractivity contribution in [1.29, 1.82) is 0 Å². The number of hydrogen-bond donors (Lipinski definition) is 2. The normalized spacial score (nSPS) is 14.4. The lowest BCUT2D eigenvalue weighted by Crippen LogP contribution is -2.15. The number of fused-ring (bicyclic) bond motifs is 1. The highest BCUT2D eigenvalue weighted by atomic mass is 32.2. The van der Waals surface area contributed by atoms with E-state index in [1.54, 1.807) is 24.3 Å². The highest BCUT2D eigenvalue weighted by Crippen LogP contribution is 2.31. The molecule has 1 aliphatic rings. The topological polar surface area (TPSA) is 123 Å². The molecule has 4 rings (SSSR count). The lowest BCUT2D eigenvalue weighted by Gasteiger charge is -2.17. The Kier molecular flexibility index (Phi) is 6.27. The molecule has 0 fully saturated rings. The number of nitrogens with one attached hydrogen (secondary N) is 2. The summed E-state index contributed by atoms with van der Waals surface area (Å²) in [6, 6.07) is 18.1. The zero-order chi connectivity index (χ0) is 23.4. The van der Waals surface area contributed by atoms with E-state index in [0.717, 1.165) is 36.6 Å². The van der Waals surface area contributed by atoms with Crippen LogP contribution in [0.5, 0.6) is 5.75 Å². The van der Waals surface area contributed by atoms with E-state index >= 15 is 0 Å². The van der Waals surface area contributed by atoms with Crippen molar-refractivity contribution in [3.05, 3.63) is 88.0 Å². The number of anilines is 2. The molecule has 0 spiro atoms. The van der Waals surface area contributed by atoms with Crippen molar-refractivity contribution < 1.29 is 18.1 Å². The van der Waals surface area contributed by atoms with Gasteiger partial charge in [-0.3, -0.25) is 20.3 Å². The minimum atomic E-state index is -4.09. The van der Waals surface area contributed by atoms with Crippen LogP contribution >= 0.6 is 0 Å². The van der Waals surface area contributed by atoms with Crippen molar-refractivity contribution >= 4 is 32.8 Å². The number of hydrazone groups is 1. The summed E-state index contributed by atoms with van der Waals surface area (Å²) in [5.41, 5.74) is 5.70. The molecule has 0 aliphatic heterocycles. The number of hydrogen-bond acceptors (Lipinski definition) is 7. The van der Waals surface area contributed by atoms with Gasteiger partial charge in [-0.15, -0.1) is 0 Å². The molecule has 0 saturated carbocycles. The average Bonchev–Trinajstić information content (AvgIpc) is 2.82. The monoisotopic (exact) mass is 466 g/mol. The van der Waals surface area contributed by atoms with Gasteiger partial charge < -0.3 is 4.74 Å². The summed E-state index contributed by atoms with van der Waals surface area (Å²) >= 11 is 0. The SMILES string of the molecule is COc1ccccc1NS(=O)(=O)c1ccc(N/N=C2\CCCc3ccccc32)c([N+](=O)[O-])c1.